The van der Waals surface area contributed by atoms with Gasteiger partial charge in [-0.15, -0.1) is 0 Å². The van der Waals surface area contributed by atoms with Crippen LogP contribution in [0, 0.1) is 0 Å². The molecule has 1 heterocycles. The number of methoxy groups -OCH3 is 1. The van der Waals surface area contributed by atoms with Crippen molar-refractivity contribution in [3.63, 3.8) is 0 Å². The number of ether oxygens (including phenoxy) is 1. The van der Waals surface area contributed by atoms with Crippen molar-refractivity contribution in [2.75, 3.05) is 20.3 Å². The molecule has 86 valence electrons. The fourth-order valence-electron chi connectivity index (χ4n) is 1.87. The number of carbonyl (C=O) groups excluding carboxylic acids is 1. The second kappa shape index (κ2) is 5.70. The molecule has 0 aromatic rings. The molecule has 1 amide bonds. The molecule has 1 N–H and O–H groups in total. The van der Waals surface area contributed by atoms with Crippen molar-refractivity contribution in [1.29, 1.82) is 0 Å². The Morgan fingerprint density at radius 1 is 1.40 bits per heavy atom. The zero-order valence-corrected chi connectivity index (χ0v) is 8.94. The molecule has 0 aromatic heterocycles. The number of carboxylic acids is 1. The maximum absolute atomic E-state index is 11.6. The Morgan fingerprint density at radius 3 is 2.73 bits per heavy atom. The first-order valence-electron chi connectivity index (χ1n) is 5.18. The predicted octanol–water partition coefficient (Wildman–Crippen LogP) is 0.489. The molecule has 1 fully saturated rings. The first-order chi connectivity index (χ1) is 7.16. The van der Waals surface area contributed by atoms with Gasteiger partial charge in [-0.1, -0.05) is 12.8 Å². The molecule has 1 unspecified atom stereocenters. The first kappa shape index (κ1) is 12.0. The van der Waals surface area contributed by atoms with E-state index in [0.29, 0.717) is 13.0 Å². The van der Waals surface area contributed by atoms with Crippen LogP contribution in [0.2, 0.25) is 0 Å². The average molecular weight is 215 g/mol. The summed E-state index contributed by atoms with van der Waals surface area (Å²) < 4.78 is 4.74. The van der Waals surface area contributed by atoms with Crippen LogP contribution in [0.15, 0.2) is 0 Å². The summed E-state index contributed by atoms with van der Waals surface area (Å²) in [6.07, 6.45) is 3.28. The van der Waals surface area contributed by atoms with E-state index in [2.05, 4.69) is 0 Å². The molecule has 0 aromatic carbocycles. The van der Waals surface area contributed by atoms with Gasteiger partial charge in [-0.25, -0.2) is 4.79 Å². The van der Waals surface area contributed by atoms with Crippen molar-refractivity contribution in [1.82, 2.24) is 4.90 Å². The summed E-state index contributed by atoms with van der Waals surface area (Å²) in [5.74, 6) is -1.15. The lowest BCUT2D eigenvalue weighted by Gasteiger charge is -2.26. The minimum absolute atomic E-state index is 0.0379. The number of aliphatic carboxylic acids is 1. The minimum atomic E-state index is -0.915. The van der Waals surface area contributed by atoms with Gasteiger partial charge < -0.3 is 14.7 Å². The largest absolute Gasteiger partial charge is 0.480 e. The van der Waals surface area contributed by atoms with Crippen LogP contribution in [0.1, 0.15) is 25.7 Å². The lowest BCUT2D eigenvalue weighted by Crippen LogP contribution is -2.46. The van der Waals surface area contributed by atoms with Crippen LogP contribution < -0.4 is 0 Å². The molecule has 1 atom stereocenters. The molecule has 0 radical (unpaired) electrons. The monoisotopic (exact) mass is 215 g/mol. The van der Waals surface area contributed by atoms with Crippen LogP contribution >= 0.6 is 0 Å². The van der Waals surface area contributed by atoms with Crippen LogP contribution in [-0.4, -0.2) is 48.2 Å². The fourth-order valence-corrected chi connectivity index (χ4v) is 1.87. The molecule has 1 aliphatic heterocycles. The topological polar surface area (TPSA) is 66.8 Å². The highest BCUT2D eigenvalue weighted by Gasteiger charge is 2.30. The smallest absolute Gasteiger partial charge is 0.326 e. The molecular formula is C10H17NO4. The van der Waals surface area contributed by atoms with Crippen LogP contribution in [0.3, 0.4) is 0 Å². The molecule has 5 nitrogen and oxygen atoms in total. The van der Waals surface area contributed by atoms with E-state index in [1.54, 1.807) is 0 Å². The lowest BCUT2D eigenvalue weighted by atomic mass is 10.1. The van der Waals surface area contributed by atoms with Gasteiger partial charge in [0.15, 0.2) is 0 Å². The van der Waals surface area contributed by atoms with Gasteiger partial charge in [0.25, 0.3) is 0 Å². The number of hydrogen-bond acceptors (Lipinski definition) is 3. The normalized spacial score (nSPS) is 22.2. The van der Waals surface area contributed by atoms with Crippen LogP contribution in [0.4, 0.5) is 0 Å². The van der Waals surface area contributed by atoms with E-state index in [1.807, 2.05) is 0 Å². The van der Waals surface area contributed by atoms with Crippen LogP contribution in [-0.2, 0) is 14.3 Å². The van der Waals surface area contributed by atoms with Crippen molar-refractivity contribution in [3.8, 4) is 0 Å². The van der Waals surface area contributed by atoms with Crippen LogP contribution in [0.5, 0.6) is 0 Å². The summed E-state index contributed by atoms with van der Waals surface area (Å²) >= 11 is 0. The van der Waals surface area contributed by atoms with Gasteiger partial charge >= 0.3 is 5.97 Å². The predicted molar refractivity (Wildman–Crippen MR) is 53.5 cm³/mol. The third kappa shape index (κ3) is 3.20. The molecule has 0 spiro atoms. The Bertz CT molecular complexity index is 242. The zero-order valence-electron chi connectivity index (χ0n) is 8.94. The van der Waals surface area contributed by atoms with E-state index in [9.17, 15) is 9.59 Å². The Balaban J connectivity index is 2.69. The quantitative estimate of drug-likeness (QED) is 0.744. The number of carbonyl (C=O) groups is 2. The van der Waals surface area contributed by atoms with Gasteiger partial charge in [-0.05, 0) is 12.8 Å². The van der Waals surface area contributed by atoms with Gasteiger partial charge in [-0.2, -0.15) is 0 Å². The fraction of sp³-hybridized carbons (Fsp3) is 0.800. The first-order valence-corrected chi connectivity index (χ1v) is 5.18. The van der Waals surface area contributed by atoms with Gasteiger partial charge in [0, 0.05) is 13.7 Å². The molecule has 0 saturated carbocycles. The highest BCUT2D eigenvalue weighted by molar-refractivity contribution is 5.84. The zero-order chi connectivity index (χ0) is 11.3. The second-order valence-corrected chi connectivity index (χ2v) is 3.72. The average Bonchev–Trinajstić information content (AvgIpc) is 2.42. The molecule has 5 heteroatoms. The number of likely N-dealkylation sites (tertiary alicyclic amines) is 1. The number of hydrogen-bond donors (Lipinski definition) is 1. The summed E-state index contributed by atoms with van der Waals surface area (Å²) in [4.78, 5) is 24.0. The van der Waals surface area contributed by atoms with Gasteiger partial charge in [0.05, 0.1) is 0 Å². The Labute approximate surface area is 89.0 Å². The SMILES string of the molecule is COCC(=O)N1CCCCCC1C(=O)O. The summed E-state index contributed by atoms with van der Waals surface area (Å²) in [5.41, 5.74) is 0. The van der Waals surface area contributed by atoms with Crippen LogP contribution in [0.25, 0.3) is 0 Å². The summed E-state index contributed by atoms with van der Waals surface area (Å²) in [7, 11) is 1.44. The van der Waals surface area contributed by atoms with Gasteiger partial charge in [0.2, 0.25) is 5.91 Å². The van der Waals surface area contributed by atoms with E-state index in [-0.39, 0.29) is 12.5 Å². The minimum Gasteiger partial charge on any atom is -0.480 e. The van der Waals surface area contributed by atoms with Crippen molar-refractivity contribution in [3.05, 3.63) is 0 Å². The van der Waals surface area contributed by atoms with Gasteiger partial charge in [0.1, 0.15) is 12.6 Å². The molecule has 0 aliphatic carbocycles. The number of carboxylic acid groups (broad SMARTS) is 1. The van der Waals surface area contributed by atoms with E-state index in [0.717, 1.165) is 19.3 Å². The number of nitrogens with zero attached hydrogens (tertiary/aromatic N) is 1. The lowest BCUT2D eigenvalue weighted by molar-refractivity contribution is -0.151. The van der Waals surface area contributed by atoms with E-state index in [4.69, 9.17) is 9.84 Å². The van der Waals surface area contributed by atoms with Gasteiger partial charge in [-0.3, -0.25) is 4.79 Å². The Morgan fingerprint density at radius 2 is 2.13 bits per heavy atom. The Hall–Kier alpha value is -1.10. The van der Waals surface area contributed by atoms with E-state index < -0.39 is 12.0 Å². The maximum atomic E-state index is 11.6. The summed E-state index contributed by atoms with van der Waals surface area (Å²) in [5, 5.41) is 9.02. The van der Waals surface area contributed by atoms with E-state index >= 15 is 0 Å². The molecule has 1 rings (SSSR count). The molecule has 1 aliphatic rings. The molecule has 15 heavy (non-hydrogen) atoms. The summed E-state index contributed by atoms with van der Waals surface area (Å²) in [6, 6.07) is -0.671. The highest BCUT2D eigenvalue weighted by atomic mass is 16.5. The number of rotatable bonds is 3. The van der Waals surface area contributed by atoms with Crippen molar-refractivity contribution < 1.29 is 19.4 Å². The maximum Gasteiger partial charge on any atom is 0.326 e. The third-order valence-electron chi connectivity index (χ3n) is 2.63. The van der Waals surface area contributed by atoms with Crippen molar-refractivity contribution >= 4 is 11.9 Å². The second-order valence-electron chi connectivity index (χ2n) is 3.72. The summed E-state index contributed by atoms with van der Waals surface area (Å²) in [6.45, 7) is 0.489. The molecule has 0 bridgehead atoms. The highest BCUT2D eigenvalue weighted by Crippen LogP contribution is 2.17. The number of amides is 1. The third-order valence-corrected chi connectivity index (χ3v) is 2.63. The van der Waals surface area contributed by atoms with Crippen molar-refractivity contribution in [2.24, 2.45) is 0 Å². The molecule has 1 saturated heterocycles. The standard InChI is InChI=1S/C10H17NO4/c1-15-7-9(12)11-6-4-2-3-5-8(11)10(13)14/h8H,2-7H2,1H3,(H,13,14). The van der Waals surface area contributed by atoms with Crippen molar-refractivity contribution in [2.45, 2.75) is 31.7 Å². The Kier molecular flexibility index (Phi) is 4.55. The molecular weight excluding hydrogens is 198 g/mol. The van der Waals surface area contributed by atoms with E-state index in [1.165, 1.54) is 12.0 Å².